The molecule has 1 aromatic heterocycles. The molecule has 5 amide bonds. The van der Waals surface area contributed by atoms with Gasteiger partial charge < -0.3 is 39.9 Å². The van der Waals surface area contributed by atoms with Crippen LogP contribution in [-0.2, 0) is 23.9 Å². The molecule has 2 atom stereocenters. The van der Waals surface area contributed by atoms with Crippen molar-refractivity contribution in [2.24, 2.45) is 0 Å². The Morgan fingerprint density at radius 1 is 1.02 bits per heavy atom. The molecule has 1 saturated carbocycles. The van der Waals surface area contributed by atoms with Crippen molar-refractivity contribution in [3.8, 4) is 5.75 Å². The average molecular weight is 671 g/mol. The number of pyridine rings is 1. The molecule has 0 bridgehead atoms. The van der Waals surface area contributed by atoms with Crippen molar-refractivity contribution in [3.05, 3.63) is 35.8 Å². The number of hydrogen-bond acceptors (Lipinski definition) is 9. The first-order valence-electron chi connectivity index (χ1n) is 16.1. The number of hydrogen-bond donors (Lipinski definition) is 3. The lowest BCUT2D eigenvalue weighted by atomic mass is 10.1. The third-order valence-electron chi connectivity index (χ3n) is 8.48. The highest BCUT2D eigenvalue weighted by molar-refractivity contribution is 5.99. The molecule has 2 aromatic rings. The number of aliphatic carboxylic acids is 1. The van der Waals surface area contributed by atoms with E-state index in [4.69, 9.17) is 9.47 Å². The summed E-state index contributed by atoms with van der Waals surface area (Å²) in [6.07, 6.45) is 1.91. The van der Waals surface area contributed by atoms with Crippen LogP contribution in [0, 0.1) is 5.82 Å². The van der Waals surface area contributed by atoms with Crippen molar-refractivity contribution >= 4 is 46.6 Å². The quantitative estimate of drug-likeness (QED) is 0.297. The third-order valence-corrected chi connectivity index (χ3v) is 8.48. The number of likely N-dealkylation sites (tertiary alicyclic amines) is 1. The van der Waals surface area contributed by atoms with Crippen molar-refractivity contribution < 1.29 is 47.7 Å². The molecule has 5 rings (SSSR count). The summed E-state index contributed by atoms with van der Waals surface area (Å²) in [6.45, 7) is 2.51. The SMILES string of the molecule is CCOC(=O)N1CCN(C(=O)C(CCC(=O)O)NC(=O)c2cc(OCC(=O)N3CCCC3C(=O)NC3CC3)c3cc(F)ccc3n2)CC1. The number of amides is 5. The van der Waals surface area contributed by atoms with Crippen molar-refractivity contribution in [3.63, 3.8) is 0 Å². The number of halogens is 1. The summed E-state index contributed by atoms with van der Waals surface area (Å²) >= 11 is 0. The van der Waals surface area contributed by atoms with Crippen LogP contribution >= 0.6 is 0 Å². The van der Waals surface area contributed by atoms with Crippen molar-refractivity contribution in [2.45, 2.75) is 63.6 Å². The summed E-state index contributed by atoms with van der Waals surface area (Å²) in [6, 6.07) is 3.17. The molecule has 3 aliphatic rings. The normalized spacial score (nSPS) is 18.3. The van der Waals surface area contributed by atoms with Crippen LogP contribution in [0.25, 0.3) is 10.9 Å². The molecule has 2 saturated heterocycles. The third kappa shape index (κ3) is 8.46. The van der Waals surface area contributed by atoms with Gasteiger partial charge >= 0.3 is 12.1 Å². The summed E-state index contributed by atoms with van der Waals surface area (Å²) < 4.78 is 25.1. The van der Waals surface area contributed by atoms with Gasteiger partial charge in [-0.3, -0.25) is 24.0 Å². The number of ether oxygens (including phenoxy) is 2. The van der Waals surface area contributed by atoms with Gasteiger partial charge in [-0.2, -0.15) is 0 Å². The van der Waals surface area contributed by atoms with Crippen LogP contribution in [-0.4, -0.2) is 125 Å². The summed E-state index contributed by atoms with van der Waals surface area (Å²) in [5, 5.41) is 15.0. The van der Waals surface area contributed by atoms with E-state index in [1.165, 1.54) is 26.8 Å². The van der Waals surface area contributed by atoms with E-state index < -0.39 is 60.7 Å². The second-order valence-corrected chi connectivity index (χ2v) is 12.0. The summed E-state index contributed by atoms with van der Waals surface area (Å²) in [4.78, 5) is 84.9. The maximum atomic E-state index is 14.3. The second kappa shape index (κ2) is 15.3. The van der Waals surface area contributed by atoms with E-state index in [9.17, 15) is 38.3 Å². The Hall–Kier alpha value is -5.02. The minimum absolute atomic E-state index is 0.0142. The fourth-order valence-electron chi connectivity index (χ4n) is 5.79. The molecule has 3 N–H and O–H groups in total. The molecule has 16 heteroatoms. The molecular weight excluding hydrogens is 631 g/mol. The van der Waals surface area contributed by atoms with Crippen LogP contribution in [0.2, 0.25) is 0 Å². The van der Waals surface area contributed by atoms with Crippen LogP contribution < -0.4 is 15.4 Å². The molecule has 48 heavy (non-hydrogen) atoms. The smallest absolute Gasteiger partial charge is 0.409 e. The van der Waals surface area contributed by atoms with Gasteiger partial charge in [-0.1, -0.05) is 0 Å². The molecular formula is C32H39FN6O9. The standard InChI is InChI=1S/C32H39FN6O9/c1-2-47-32(46)38-14-12-37(13-15-38)31(45)23(9-10-28(41)42)36-29(43)24-17-26(21-16-19(33)5-8-22(21)35-24)48-18-27(40)39-11-3-4-25(39)30(44)34-20-6-7-20/h5,8,16-17,20,23,25H,2-4,6-7,9-15,18H2,1H3,(H,34,44)(H,36,43)(H,41,42). The number of aromatic nitrogens is 1. The van der Waals surface area contributed by atoms with E-state index in [0.717, 1.165) is 25.0 Å². The van der Waals surface area contributed by atoms with Crippen LogP contribution in [0.15, 0.2) is 24.3 Å². The zero-order chi connectivity index (χ0) is 34.4. The number of benzene rings is 1. The Balaban J connectivity index is 1.30. The van der Waals surface area contributed by atoms with E-state index in [-0.39, 0.29) is 73.5 Å². The van der Waals surface area contributed by atoms with Gasteiger partial charge in [0.2, 0.25) is 11.8 Å². The second-order valence-electron chi connectivity index (χ2n) is 12.0. The molecule has 1 aromatic carbocycles. The summed E-state index contributed by atoms with van der Waals surface area (Å²) in [7, 11) is 0. The Morgan fingerprint density at radius 3 is 2.44 bits per heavy atom. The number of carbonyl (C=O) groups excluding carboxylic acids is 5. The van der Waals surface area contributed by atoms with Gasteiger partial charge in [-0.25, -0.2) is 14.2 Å². The zero-order valence-electron chi connectivity index (χ0n) is 26.6. The number of nitrogens with one attached hydrogen (secondary N) is 2. The highest BCUT2D eigenvalue weighted by Crippen LogP contribution is 2.28. The Labute approximate surface area is 275 Å². The molecule has 3 heterocycles. The van der Waals surface area contributed by atoms with Crippen LogP contribution in [0.1, 0.15) is 55.9 Å². The maximum absolute atomic E-state index is 14.3. The van der Waals surface area contributed by atoms with Gasteiger partial charge in [-0.05, 0) is 57.2 Å². The molecule has 0 radical (unpaired) electrons. The summed E-state index contributed by atoms with van der Waals surface area (Å²) in [5.74, 6) is -3.77. The van der Waals surface area contributed by atoms with E-state index in [1.54, 1.807) is 6.92 Å². The molecule has 1 aliphatic carbocycles. The average Bonchev–Trinajstić information content (AvgIpc) is 3.75. The van der Waals surface area contributed by atoms with Gasteiger partial charge in [0.05, 0.1) is 12.1 Å². The van der Waals surface area contributed by atoms with Crippen molar-refractivity contribution in [2.75, 3.05) is 45.9 Å². The lowest BCUT2D eigenvalue weighted by molar-refractivity contribution is -0.140. The number of nitrogens with zero attached hydrogens (tertiary/aromatic N) is 4. The lowest BCUT2D eigenvalue weighted by Crippen LogP contribution is -2.56. The number of fused-ring (bicyclic) bond motifs is 1. The predicted octanol–water partition coefficient (Wildman–Crippen LogP) is 1.29. The predicted molar refractivity (Wildman–Crippen MR) is 166 cm³/mol. The topological polar surface area (TPSA) is 188 Å². The fraction of sp³-hybridized carbons (Fsp3) is 0.531. The van der Waals surface area contributed by atoms with Gasteiger partial charge in [-0.15, -0.1) is 0 Å². The monoisotopic (exact) mass is 670 g/mol. The van der Waals surface area contributed by atoms with E-state index in [0.29, 0.717) is 19.4 Å². The number of carboxylic acid groups (broad SMARTS) is 1. The van der Waals surface area contributed by atoms with Crippen LogP contribution in [0.4, 0.5) is 9.18 Å². The van der Waals surface area contributed by atoms with Gasteiger partial charge in [0, 0.05) is 56.6 Å². The molecule has 2 aliphatic heterocycles. The van der Waals surface area contributed by atoms with Crippen LogP contribution in [0.5, 0.6) is 5.75 Å². The van der Waals surface area contributed by atoms with E-state index in [2.05, 4.69) is 15.6 Å². The summed E-state index contributed by atoms with van der Waals surface area (Å²) in [5.41, 5.74) is -0.0301. The first-order valence-corrected chi connectivity index (χ1v) is 16.1. The van der Waals surface area contributed by atoms with Gasteiger partial charge in [0.15, 0.2) is 6.61 Å². The Morgan fingerprint density at radius 2 is 1.75 bits per heavy atom. The largest absolute Gasteiger partial charge is 0.483 e. The van der Waals surface area contributed by atoms with Gasteiger partial charge in [0.25, 0.3) is 11.8 Å². The molecule has 258 valence electrons. The maximum Gasteiger partial charge on any atom is 0.409 e. The van der Waals surface area contributed by atoms with Crippen molar-refractivity contribution in [1.29, 1.82) is 0 Å². The lowest BCUT2D eigenvalue weighted by Gasteiger charge is -2.35. The first kappa shape index (κ1) is 34.3. The highest BCUT2D eigenvalue weighted by atomic mass is 19.1. The molecule has 3 fully saturated rings. The minimum atomic E-state index is -1.23. The molecule has 15 nitrogen and oxygen atoms in total. The molecule has 2 unspecified atom stereocenters. The van der Waals surface area contributed by atoms with Gasteiger partial charge in [0.1, 0.15) is 29.3 Å². The van der Waals surface area contributed by atoms with Crippen molar-refractivity contribution in [1.82, 2.24) is 30.3 Å². The molecule has 0 spiro atoms. The fourth-order valence-corrected chi connectivity index (χ4v) is 5.79. The van der Waals surface area contributed by atoms with E-state index >= 15 is 0 Å². The Kier molecular flexibility index (Phi) is 10.9. The van der Waals surface area contributed by atoms with Crippen LogP contribution in [0.3, 0.4) is 0 Å². The Bertz CT molecular complexity index is 1580. The first-order chi connectivity index (χ1) is 23.0. The number of piperazine rings is 1. The number of rotatable bonds is 12. The van der Waals surface area contributed by atoms with E-state index in [1.807, 2.05) is 0 Å². The minimum Gasteiger partial charge on any atom is -0.483 e. The zero-order valence-corrected chi connectivity index (χ0v) is 26.6. The highest BCUT2D eigenvalue weighted by Gasteiger charge is 2.37. The number of carbonyl (C=O) groups is 6. The number of carboxylic acids is 1.